The summed E-state index contributed by atoms with van der Waals surface area (Å²) in [5, 5.41) is 10.3. The van der Waals surface area contributed by atoms with E-state index in [2.05, 4.69) is 0 Å². The van der Waals surface area contributed by atoms with Gasteiger partial charge in [-0.05, 0) is 0 Å². The zero-order valence-corrected chi connectivity index (χ0v) is 8.08. The van der Waals surface area contributed by atoms with E-state index in [1.54, 1.807) is 0 Å². The van der Waals surface area contributed by atoms with E-state index in [9.17, 15) is 4.79 Å². The zero-order valence-electron chi connectivity index (χ0n) is 7.26. The highest BCUT2D eigenvalue weighted by Gasteiger charge is 2.24. The Morgan fingerprint density at radius 3 is 2.23 bits per heavy atom. The lowest BCUT2D eigenvalue weighted by Gasteiger charge is -1.96. The molecule has 0 spiro atoms. The van der Waals surface area contributed by atoms with Crippen LogP contribution in [0.4, 0.5) is 0 Å². The minimum absolute atomic E-state index is 0.144. The second-order valence-electron chi connectivity index (χ2n) is 2.82. The van der Waals surface area contributed by atoms with E-state index in [0.29, 0.717) is 6.26 Å². The average molecular weight is 211 g/mol. The highest BCUT2D eigenvalue weighted by Crippen LogP contribution is 1.95. The molecule has 0 saturated carbocycles. The molecular weight excluding hydrogens is 198 g/mol. The smallest absolute Gasteiger partial charge is 0.362 e. The number of quaternary nitrogens is 1. The SMILES string of the molecule is CS(=O)(=O)[O-].O=C(O)[C@@H]1CCC[NH2+]1. The molecule has 0 radical (unpaired) electrons. The minimum Gasteiger partial charge on any atom is -0.748 e. The van der Waals surface area contributed by atoms with Crippen molar-refractivity contribution in [1.29, 1.82) is 0 Å². The lowest BCUT2D eigenvalue weighted by atomic mass is 10.2. The van der Waals surface area contributed by atoms with E-state index in [4.69, 9.17) is 18.1 Å². The van der Waals surface area contributed by atoms with Crippen LogP contribution in [-0.4, -0.2) is 42.9 Å². The van der Waals surface area contributed by atoms with Crippen LogP contribution in [0.5, 0.6) is 0 Å². The summed E-state index contributed by atoms with van der Waals surface area (Å²) >= 11 is 0. The van der Waals surface area contributed by atoms with E-state index in [-0.39, 0.29) is 6.04 Å². The normalized spacial score (nSPS) is 21.8. The predicted molar refractivity (Wildman–Crippen MR) is 43.1 cm³/mol. The number of aliphatic carboxylic acids is 1. The Bertz CT molecular complexity index is 246. The highest BCUT2D eigenvalue weighted by atomic mass is 32.2. The number of carboxylic acids is 1. The summed E-state index contributed by atoms with van der Waals surface area (Å²) in [6.45, 7) is 0.983. The van der Waals surface area contributed by atoms with Gasteiger partial charge in [0.1, 0.15) is 0 Å². The molecule has 0 amide bonds. The lowest BCUT2D eigenvalue weighted by Crippen LogP contribution is -2.88. The molecule has 1 rings (SSSR count). The number of nitrogens with two attached hydrogens (primary N) is 1. The molecule has 0 aromatic heterocycles. The molecule has 13 heavy (non-hydrogen) atoms. The summed E-state index contributed by atoms with van der Waals surface area (Å²) in [4.78, 5) is 10.2. The second-order valence-corrected chi connectivity index (χ2v) is 4.22. The maximum Gasteiger partial charge on any atom is 0.362 e. The molecule has 0 aliphatic carbocycles. The van der Waals surface area contributed by atoms with Gasteiger partial charge in [0.25, 0.3) is 0 Å². The number of hydrogen-bond acceptors (Lipinski definition) is 4. The van der Waals surface area contributed by atoms with E-state index < -0.39 is 16.1 Å². The monoisotopic (exact) mass is 211 g/mol. The summed E-state index contributed by atoms with van der Waals surface area (Å²) in [5.41, 5.74) is 0. The van der Waals surface area contributed by atoms with Gasteiger partial charge in [0.15, 0.2) is 6.04 Å². The topological polar surface area (TPSA) is 111 Å². The molecule has 7 heteroatoms. The van der Waals surface area contributed by atoms with Crippen molar-refractivity contribution in [3.05, 3.63) is 0 Å². The van der Waals surface area contributed by atoms with Gasteiger partial charge in [0.05, 0.1) is 16.7 Å². The number of carboxylic acid groups (broad SMARTS) is 1. The number of carbonyl (C=O) groups is 1. The van der Waals surface area contributed by atoms with E-state index >= 15 is 0 Å². The standard InChI is InChI=1S/C5H9NO2.CH4O3S/c7-5(8)4-2-1-3-6-4;1-5(2,3)4/h4,6H,1-3H2,(H,7,8);1H3,(H,2,3,4)/t4-;/m0./s1. The average Bonchev–Trinajstić information content (AvgIpc) is 2.31. The Balaban J connectivity index is 0.000000252. The van der Waals surface area contributed by atoms with Gasteiger partial charge in [-0.3, -0.25) is 0 Å². The molecule has 3 N–H and O–H groups in total. The lowest BCUT2D eigenvalue weighted by molar-refractivity contribution is -0.658. The zero-order chi connectivity index (χ0) is 10.5. The molecule has 0 aromatic carbocycles. The summed E-state index contributed by atoms with van der Waals surface area (Å²) in [6.07, 6.45) is 2.50. The maximum atomic E-state index is 10.2. The molecule has 1 saturated heterocycles. The third kappa shape index (κ3) is 9.25. The Morgan fingerprint density at radius 1 is 1.62 bits per heavy atom. The fourth-order valence-electron chi connectivity index (χ4n) is 0.999. The van der Waals surface area contributed by atoms with Gasteiger partial charge in [-0.1, -0.05) is 0 Å². The second kappa shape index (κ2) is 5.15. The molecular formula is C6H13NO5S. The molecule has 1 heterocycles. The molecule has 1 aliphatic heterocycles. The molecule has 78 valence electrons. The third-order valence-electron chi connectivity index (χ3n) is 1.49. The first-order valence-electron chi connectivity index (χ1n) is 3.77. The van der Waals surface area contributed by atoms with Crippen molar-refractivity contribution in [2.24, 2.45) is 0 Å². The van der Waals surface area contributed by atoms with Crippen molar-refractivity contribution in [2.75, 3.05) is 12.8 Å². The minimum atomic E-state index is -3.92. The summed E-state index contributed by atoms with van der Waals surface area (Å²) < 4.78 is 27.2. The van der Waals surface area contributed by atoms with E-state index in [1.165, 1.54) is 0 Å². The van der Waals surface area contributed by atoms with Crippen molar-refractivity contribution >= 4 is 16.1 Å². The van der Waals surface area contributed by atoms with Crippen LogP contribution in [-0.2, 0) is 14.9 Å². The molecule has 0 unspecified atom stereocenters. The van der Waals surface area contributed by atoms with Crippen molar-refractivity contribution in [3.63, 3.8) is 0 Å². The number of hydrogen-bond donors (Lipinski definition) is 2. The summed E-state index contributed by atoms with van der Waals surface area (Å²) in [5.74, 6) is -0.664. The molecule has 1 atom stereocenters. The molecule has 1 aliphatic rings. The van der Waals surface area contributed by atoms with Crippen LogP contribution in [0.15, 0.2) is 0 Å². The third-order valence-corrected chi connectivity index (χ3v) is 1.49. The largest absolute Gasteiger partial charge is 0.748 e. The van der Waals surface area contributed by atoms with Crippen molar-refractivity contribution in [3.8, 4) is 0 Å². The van der Waals surface area contributed by atoms with Crippen LogP contribution < -0.4 is 5.32 Å². The van der Waals surface area contributed by atoms with Gasteiger partial charge in [0.2, 0.25) is 0 Å². The van der Waals surface area contributed by atoms with Gasteiger partial charge in [-0.25, -0.2) is 13.2 Å². The first kappa shape index (κ1) is 12.3. The Morgan fingerprint density at radius 2 is 2.08 bits per heavy atom. The van der Waals surface area contributed by atoms with Gasteiger partial charge in [0, 0.05) is 19.1 Å². The van der Waals surface area contributed by atoms with Crippen molar-refractivity contribution in [1.82, 2.24) is 0 Å². The van der Waals surface area contributed by atoms with Crippen LogP contribution >= 0.6 is 0 Å². The number of rotatable bonds is 1. The fraction of sp³-hybridized carbons (Fsp3) is 0.833. The summed E-state index contributed by atoms with van der Waals surface area (Å²) in [6, 6.07) is -0.144. The highest BCUT2D eigenvalue weighted by molar-refractivity contribution is 7.84. The fourth-order valence-corrected chi connectivity index (χ4v) is 0.999. The van der Waals surface area contributed by atoms with Crippen LogP contribution in [0, 0.1) is 0 Å². The van der Waals surface area contributed by atoms with Gasteiger partial charge in [-0.15, -0.1) is 0 Å². The van der Waals surface area contributed by atoms with Crippen LogP contribution in [0.2, 0.25) is 0 Å². The predicted octanol–water partition coefficient (Wildman–Crippen LogP) is -2.04. The van der Waals surface area contributed by atoms with Gasteiger partial charge >= 0.3 is 5.97 Å². The van der Waals surface area contributed by atoms with E-state index in [0.717, 1.165) is 19.4 Å². The van der Waals surface area contributed by atoms with Gasteiger partial charge in [-0.2, -0.15) is 0 Å². The van der Waals surface area contributed by atoms with Crippen LogP contribution in [0.3, 0.4) is 0 Å². The Kier molecular flexibility index (Phi) is 4.89. The Hall–Kier alpha value is -0.660. The van der Waals surface area contributed by atoms with E-state index in [1.807, 2.05) is 5.32 Å². The summed E-state index contributed by atoms with van der Waals surface area (Å²) in [7, 11) is -3.92. The first-order valence-corrected chi connectivity index (χ1v) is 5.59. The molecule has 0 bridgehead atoms. The molecule has 0 aromatic rings. The molecule has 1 fully saturated rings. The van der Waals surface area contributed by atoms with Gasteiger partial charge < -0.3 is 15.0 Å². The first-order chi connectivity index (χ1) is 5.80. The quantitative estimate of drug-likeness (QED) is 0.485. The van der Waals surface area contributed by atoms with Crippen LogP contribution in [0.1, 0.15) is 12.8 Å². The molecule has 6 nitrogen and oxygen atoms in total. The van der Waals surface area contributed by atoms with Crippen LogP contribution in [0.25, 0.3) is 0 Å². The maximum absolute atomic E-state index is 10.2. The Labute approximate surface area is 76.7 Å². The van der Waals surface area contributed by atoms with Crippen molar-refractivity contribution in [2.45, 2.75) is 18.9 Å². The van der Waals surface area contributed by atoms with Crippen molar-refractivity contribution < 1.29 is 28.2 Å².